The number of furan rings is 1. The average molecular weight is 355 g/mol. The van der Waals surface area contributed by atoms with E-state index in [1.54, 1.807) is 11.3 Å². The van der Waals surface area contributed by atoms with Crippen LogP contribution in [0.4, 0.5) is 0 Å². The second-order valence-electron chi connectivity index (χ2n) is 6.34. The molecular formula is C20H21NO3S. The third-order valence-corrected chi connectivity index (χ3v) is 5.51. The van der Waals surface area contributed by atoms with Gasteiger partial charge in [0.2, 0.25) is 0 Å². The molecule has 4 nitrogen and oxygen atoms in total. The molecule has 0 spiro atoms. The molecule has 0 atom stereocenters. The van der Waals surface area contributed by atoms with E-state index in [0.717, 1.165) is 41.7 Å². The number of hydrogen-bond acceptors (Lipinski definition) is 4. The Morgan fingerprint density at radius 1 is 1.24 bits per heavy atom. The second-order valence-corrected chi connectivity index (χ2v) is 7.37. The van der Waals surface area contributed by atoms with Crippen LogP contribution in [0.5, 0.6) is 5.75 Å². The van der Waals surface area contributed by atoms with E-state index in [-0.39, 0.29) is 12.5 Å². The van der Waals surface area contributed by atoms with Crippen molar-refractivity contribution in [2.45, 2.75) is 32.1 Å². The Kier molecular flexibility index (Phi) is 4.74. The first-order valence-corrected chi connectivity index (χ1v) is 9.64. The van der Waals surface area contributed by atoms with E-state index in [1.165, 1.54) is 23.3 Å². The Morgan fingerprint density at radius 3 is 3.04 bits per heavy atom. The van der Waals surface area contributed by atoms with Gasteiger partial charge in [0.15, 0.2) is 6.61 Å². The van der Waals surface area contributed by atoms with Crippen LogP contribution in [-0.4, -0.2) is 19.1 Å². The van der Waals surface area contributed by atoms with Crippen molar-refractivity contribution in [2.24, 2.45) is 0 Å². The molecule has 0 bridgehead atoms. The van der Waals surface area contributed by atoms with E-state index in [4.69, 9.17) is 9.15 Å². The summed E-state index contributed by atoms with van der Waals surface area (Å²) in [6.45, 7) is 0.674. The molecule has 25 heavy (non-hydrogen) atoms. The summed E-state index contributed by atoms with van der Waals surface area (Å²) in [4.78, 5) is 13.2. The average Bonchev–Trinajstić information content (AvgIpc) is 3.27. The van der Waals surface area contributed by atoms with E-state index in [1.807, 2.05) is 29.6 Å². The molecule has 1 N–H and O–H groups in total. The molecule has 2 aromatic heterocycles. The van der Waals surface area contributed by atoms with Crippen molar-refractivity contribution in [3.63, 3.8) is 0 Å². The van der Waals surface area contributed by atoms with Crippen molar-refractivity contribution in [3.05, 3.63) is 51.9 Å². The van der Waals surface area contributed by atoms with E-state index in [9.17, 15) is 4.79 Å². The fourth-order valence-corrected chi connectivity index (χ4v) is 4.02. The summed E-state index contributed by atoms with van der Waals surface area (Å²) in [5.74, 6) is 1.74. The number of fused-ring (bicyclic) bond motifs is 3. The highest BCUT2D eigenvalue weighted by atomic mass is 32.1. The lowest BCUT2D eigenvalue weighted by Crippen LogP contribution is -2.30. The normalized spacial score (nSPS) is 13.6. The zero-order chi connectivity index (χ0) is 17.1. The largest absolute Gasteiger partial charge is 0.484 e. The molecule has 4 rings (SSSR count). The number of carbonyl (C=O) groups excluding carboxylic acids is 1. The van der Waals surface area contributed by atoms with Crippen LogP contribution in [0.2, 0.25) is 0 Å². The zero-order valence-electron chi connectivity index (χ0n) is 14.0. The smallest absolute Gasteiger partial charge is 0.257 e. The molecule has 1 aliphatic rings. The molecule has 0 saturated carbocycles. The highest BCUT2D eigenvalue weighted by Crippen LogP contribution is 2.33. The lowest BCUT2D eigenvalue weighted by atomic mass is 9.96. The number of nitrogens with one attached hydrogen (secondary N) is 1. The first kappa shape index (κ1) is 16.2. The van der Waals surface area contributed by atoms with E-state index < -0.39 is 0 Å². The molecule has 0 radical (unpaired) electrons. The molecule has 1 aromatic carbocycles. The van der Waals surface area contributed by atoms with Gasteiger partial charge in [0.25, 0.3) is 5.91 Å². The summed E-state index contributed by atoms with van der Waals surface area (Å²) >= 11 is 1.71. The molecule has 0 aliphatic heterocycles. The predicted molar refractivity (Wildman–Crippen MR) is 99.4 cm³/mol. The topological polar surface area (TPSA) is 51.5 Å². The number of carbonyl (C=O) groups is 1. The van der Waals surface area contributed by atoms with Gasteiger partial charge in [-0.2, -0.15) is 0 Å². The van der Waals surface area contributed by atoms with Gasteiger partial charge in [0.05, 0.1) is 0 Å². The van der Waals surface area contributed by atoms with Crippen LogP contribution in [0.1, 0.15) is 29.0 Å². The van der Waals surface area contributed by atoms with Crippen LogP contribution < -0.4 is 10.1 Å². The molecule has 0 saturated heterocycles. The number of ether oxygens (including phenoxy) is 1. The minimum absolute atomic E-state index is 0.0377. The van der Waals surface area contributed by atoms with Crippen molar-refractivity contribution in [2.75, 3.05) is 13.2 Å². The minimum Gasteiger partial charge on any atom is -0.484 e. The maximum absolute atomic E-state index is 11.9. The van der Waals surface area contributed by atoms with Crippen LogP contribution in [0.15, 0.2) is 40.1 Å². The number of amides is 1. The fourth-order valence-electron chi connectivity index (χ4n) is 3.31. The molecule has 1 aliphatic carbocycles. The minimum atomic E-state index is -0.0918. The lowest BCUT2D eigenvalue weighted by Gasteiger charge is -2.09. The Bertz CT molecular complexity index is 867. The third kappa shape index (κ3) is 3.71. The van der Waals surface area contributed by atoms with Gasteiger partial charge in [-0.25, -0.2) is 0 Å². The molecule has 0 fully saturated rings. The zero-order valence-corrected chi connectivity index (χ0v) is 14.9. The molecule has 2 heterocycles. The third-order valence-electron chi connectivity index (χ3n) is 4.57. The first-order valence-electron chi connectivity index (χ1n) is 8.76. The Hall–Kier alpha value is -2.27. The molecular weight excluding hydrogens is 334 g/mol. The SMILES string of the molecule is O=C(COc1ccc2oc3c(c2c1)CCCC3)NCCc1cccs1. The van der Waals surface area contributed by atoms with Gasteiger partial charge in [0.1, 0.15) is 17.1 Å². The Balaban J connectivity index is 1.33. The monoisotopic (exact) mass is 355 g/mol. The van der Waals surface area contributed by atoms with Gasteiger partial charge in [0, 0.05) is 28.8 Å². The van der Waals surface area contributed by atoms with Gasteiger partial charge < -0.3 is 14.5 Å². The van der Waals surface area contributed by atoms with Gasteiger partial charge in [-0.1, -0.05) is 6.07 Å². The lowest BCUT2D eigenvalue weighted by molar-refractivity contribution is -0.123. The van der Waals surface area contributed by atoms with Gasteiger partial charge in [-0.3, -0.25) is 4.79 Å². The number of aryl methyl sites for hydroxylation is 2. The van der Waals surface area contributed by atoms with Crippen LogP contribution in [0, 0.1) is 0 Å². The van der Waals surface area contributed by atoms with Crippen LogP contribution in [0.3, 0.4) is 0 Å². The summed E-state index contributed by atoms with van der Waals surface area (Å²) in [6.07, 6.45) is 5.35. The van der Waals surface area contributed by atoms with Crippen LogP contribution in [-0.2, 0) is 24.1 Å². The highest BCUT2D eigenvalue weighted by Gasteiger charge is 2.18. The second kappa shape index (κ2) is 7.31. The van der Waals surface area contributed by atoms with E-state index in [0.29, 0.717) is 6.54 Å². The summed E-state index contributed by atoms with van der Waals surface area (Å²) in [7, 11) is 0. The molecule has 0 unspecified atom stereocenters. The van der Waals surface area contributed by atoms with Crippen molar-refractivity contribution >= 4 is 28.2 Å². The van der Waals surface area contributed by atoms with Crippen LogP contribution in [0.25, 0.3) is 11.0 Å². The first-order chi connectivity index (χ1) is 12.3. The standard InChI is InChI=1S/C20H21NO3S/c22-20(21-10-9-15-4-3-11-25-15)13-23-14-7-8-19-17(12-14)16-5-1-2-6-18(16)24-19/h3-4,7-8,11-12H,1-2,5-6,9-10,13H2,(H,21,22). The highest BCUT2D eigenvalue weighted by molar-refractivity contribution is 7.09. The fraction of sp³-hybridized carbons (Fsp3) is 0.350. The summed E-state index contributed by atoms with van der Waals surface area (Å²) < 4.78 is 11.6. The molecule has 130 valence electrons. The number of benzene rings is 1. The Morgan fingerprint density at radius 2 is 2.16 bits per heavy atom. The van der Waals surface area contributed by atoms with Crippen molar-refractivity contribution in [3.8, 4) is 5.75 Å². The quantitative estimate of drug-likeness (QED) is 0.724. The Labute approximate surface area is 150 Å². The van der Waals surface area contributed by atoms with Gasteiger partial charge in [-0.15, -0.1) is 11.3 Å². The van der Waals surface area contributed by atoms with E-state index in [2.05, 4.69) is 11.4 Å². The summed E-state index contributed by atoms with van der Waals surface area (Å²) in [6, 6.07) is 9.92. The van der Waals surface area contributed by atoms with Crippen molar-refractivity contribution in [1.29, 1.82) is 0 Å². The molecule has 3 aromatic rings. The summed E-state index contributed by atoms with van der Waals surface area (Å²) in [5, 5.41) is 6.07. The predicted octanol–water partition coefficient (Wildman–Crippen LogP) is 4.11. The number of hydrogen-bond donors (Lipinski definition) is 1. The molecule has 1 amide bonds. The summed E-state index contributed by atoms with van der Waals surface area (Å²) in [5.41, 5.74) is 2.23. The van der Waals surface area contributed by atoms with Crippen molar-refractivity contribution in [1.82, 2.24) is 5.32 Å². The van der Waals surface area contributed by atoms with Gasteiger partial charge in [-0.05, 0) is 55.3 Å². The van der Waals surface area contributed by atoms with E-state index >= 15 is 0 Å². The van der Waals surface area contributed by atoms with Crippen LogP contribution >= 0.6 is 11.3 Å². The van der Waals surface area contributed by atoms with Crippen molar-refractivity contribution < 1.29 is 13.9 Å². The van der Waals surface area contributed by atoms with Gasteiger partial charge >= 0.3 is 0 Å². The maximum Gasteiger partial charge on any atom is 0.257 e. The maximum atomic E-state index is 11.9. The number of rotatable bonds is 6. The number of thiophene rings is 1. The molecule has 5 heteroatoms.